The second kappa shape index (κ2) is 7.98. The first-order chi connectivity index (χ1) is 8.95. The Labute approximate surface area is 126 Å². The summed E-state index contributed by atoms with van der Waals surface area (Å²) in [4.78, 5) is 6.87. The molecule has 1 aromatic heterocycles. The van der Waals surface area contributed by atoms with Crippen molar-refractivity contribution in [3.8, 4) is 0 Å². The summed E-state index contributed by atoms with van der Waals surface area (Å²) in [5, 5.41) is 4.08. The van der Waals surface area contributed by atoms with Crippen molar-refractivity contribution in [3.63, 3.8) is 0 Å². The molecule has 0 spiro atoms. The number of nitrogens with zero attached hydrogens (tertiary/aromatic N) is 2. The summed E-state index contributed by atoms with van der Waals surface area (Å²) in [5.41, 5.74) is 0.913. The van der Waals surface area contributed by atoms with Gasteiger partial charge in [-0.15, -0.1) is 0 Å². The molecule has 0 aromatic carbocycles. The van der Waals surface area contributed by atoms with Crippen LogP contribution in [0, 0.1) is 0 Å². The molecule has 0 aliphatic rings. The number of nitrogens with one attached hydrogen (secondary N) is 1. The largest absolute Gasteiger partial charge is 0.356 e. The van der Waals surface area contributed by atoms with Gasteiger partial charge in [0.1, 0.15) is 5.82 Å². The van der Waals surface area contributed by atoms with Crippen LogP contribution >= 0.6 is 23.4 Å². The lowest BCUT2D eigenvalue weighted by molar-refractivity contribution is 0.581. The number of pyridine rings is 1. The average Bonchev–Trinajstić information content (AvgIpc) is 2.37. The van der Waals surface area contributed by atoms with Crippen molar-refractivity contribution in [1.29, 1.82) is 0 Å². The molecule has 1 N–H and O–H groups in total. The van der Waals surface area contributed by atoms with Crippen LogP contribution in [0.4, 0.5) is 5.82 Å². The summed E-state index contributed by atoms with van der Waals surface area (Å²) < 4.78 is 0. The van der Waals surface area contributed by atoms with E-state index in [9.17, 15) is 0 Å². The van der Waals surface area contributed by atoms with Crippen LogP contribution in [0.5, 0.6) is 0 Å². The number of hydrogen-bond acceptors (Lipinski definition) is 4. The van der Waals surface area contributed by atoms with Crippen molar-refractivity contribution in [3.05, 3.63) is 22.8 Å². The first-order valence-corrected chi connectivity index (χ1v) is 8.33. The van der Waals surface area contributed by atoms with E-state index < -0.39 is 0 Å². The van der Waals surface area contributed by atoms with Crippen LogP contribution in [-0.2, 0) is 6.54 Å². The van der Waals surface area contributed by atoms with Gasteiger partial charge in [-0.1, -0.05) is 25.4 Å². The minimum absolute atomic E-state index is 0.426. The normalized spacial score (nSPS) is 12.8. The second-order valence-corrected chi connectivity index (χ2v) is 6.37. The fourth-order valence-electron chi connectivity index (χ4n) is 1.67. The predicted molar refractivity (Wildman–Crippen MR) is 87.5 cm³/mol. The maximum atomic E-state index is 6.20. The lowest BCUT2D eigenvalue weighted by Gasteiger charge is -2.26. The lowest BCUT2D eigenvalue weighted by Crippen LogP contribution is -2.32. The number of anilines is 1. The Morgan fingerprint density at radius 1 is 1.37 bits per heavy atom. The Balaban J connectivity index is 2.82. The molecule has 0 aliphatic heterocycles. The fraction of sp³-hybridized carbons (Fsp3) is 0.643. The second-order valence-electron chi connectivity index (χ2n) is 5.05. The van der Waals surface area contributed by atoms with Gasteiger partial charge < -0.3 is 10.2 Å². The smallest absolute Gasteiger partial charge is 0.128 e. The van der Waals surface area contributed by atoms with E-state index in [1.54, 1.807) is 0 Å². The zero-order chi connectivity index (χ0) is 14.4. The van der Waals surface area contributed by atoms with Gasteiger partial charge in [0.05, 0.1) is 10.7 Å². The van der Waals surface area contributed by atoms with Crippen molar-refractivity contribution in [2.45, 2.75) is 39.4 Å². The fourth-order valence-corrected chi connectivity index (χ4v) is 2.55. The minimum atomic E-state index is 0.426. The van der Waals surface area contributed by atoms with Gasteiger partial charge in [-0.05, 0) is 25.3 Å². The van der Waals surface area contributed by atoms with Crippen LogP contribution in [0.2, 0.25) is 5.02 Å². The third-order valence-corrected chi connectivity index (χ3v) is 4.17. The molecule has 0 aliphatic carbocycles. The van der Waals surface area contributed by atoms with Crippen molar-refractivity contribution >= 4 is 29.2 Å². The SMILES string of the molecule is CSCC(C)N(C)c1ccc(Cl)c(CNC(C)C)n1. The van der Waals surface area contributed by atoms with Gasteiger partial charge in [0.25, 0.3) is 0 Å². The Bertz CT molecular complexity index is 398. The molecule has 1 aromatic rings. The first kappa shape index (κ1) is 16.6. The van der Waals surface area contributed by atoms with Gasteiger partial charge in [0.15, 0.2) is 0 Å². The Morgan fingerprint density at radius 3 is 2.63 bits per heavy atom. The molecule has 0 amide bonds. The number of halogens is 1. The van der Waals surface area contributed by atoms with Gasteiger partial charge >= 0.3 is 0 Å². The maximum absolute atomic E-state index is 6.20. The molecular weight excluding hydrogens is 278 g/mol. The van der Waals surface area contributed by atoms with Gasteiger partial charge in [-0.3, -0.25) is 0 Å². The number of aromatic nitrogens is 1. The van der Waals surface area contributed by atoms with Crippen LogP contribution in [-0.4, -0.2) is 36.1 Å². The number of hydrogen-bond donors (Lipinski definition) is 1. The number of rotatable bonds is 7. The van der Waals surface area contributed by atoms with Gasteiger partial charge in [-0.2, -0.15) is 11.8 Å². The first-order valence-electron chi connectivity index (χ1n) is 6.56. The summed E-state index contributed by atoms with van der Waals surface area (Å²) in [6.45, 7) is 7.14. The lowest BCUT2D eigenvalue weighted by atomic mass is 10.3. The molecule has 0 bridgehead atoms. The van der Waals surface area contributed by atoms with Crippen LogP contribution in [0.25, 0.3) is 0 Å². The summed E-state index contributed by atoms with van der Waals surface area (Å²) in [5.74, 6) is 2.06. The molecule has 108 valence electrons. The molecule has 5 heteroatoms. The summed E-state index contributed by atoms with van der Waals surface area (Å²) >= 11 is 8.05. The van der Waals surface area contributed by atoms with E-state index in [-0.39, 0.29) is 0 Å². The van der Waals surface area contributed by atoms with E-state index >= 15 is 0 Å². The molecule has 0 fully saturated rings. The Morgan fingerprint density at radius 2 is 2.05 bits per heavy atom. The van der Waals surface area contributed by atoms with E-state index in [1.165, 1.54) is 0 Å². The van der Waals surface area contributed by atoms with Gasteiger partial charge in [-0.25, -0.2) is 4.98 Å². The molecule has 1 atom stereocenters. The van der Waals surface area contributed by atoms with Gasteiger partial charge in [0, 0.05) is 31.4 Å². The quantitative estimate of drug-likeness (QED) is 0.835. The molecule has 19 heavy (non-hydrogen) atoms. The molecule has 0 saturated carbocycles. The van der Waals surface area contributed by atoms with Crippen molar-refractivity contribution in [2.75, 3.05) is 24.0 Å². The third kappa shape index (κ3) is 5.21. The van der Waals surface area contributed by atoms with Gasteiger partial charge in [0.2, 0.25) is 0 Å². The van der Waals surface area contributed by atoms with E-state index in [0.29, 0.717) is 18.6 Å². The molecular formula is C14H24ClN3S. The van der Waals surface area contributed by atoms with Crippen molar-refractivity contribution in [2.24, 2.45) is 0 Å². The Hall–Kier alpha value is -0.450. The van der Waals surface area contributed by atoms with Crippen LogP contribution in [0.1, 0.15) is 26.5 Å². The molecule has 3 nitrogen and oxygen atoms in total. The average molecular weight is 302 g/mol. The Kier molecular flexibility index (Phi) is 6.97. The van der Waals surface area contributed by atoms with E-state index in [0.717, 1.165) is 22.3 Å². The minimum Gasteiger partial charge on any atom is -0.356 e. The zero-order valence-corrected chi connectivity index (χ0v) is 14.0. The highest BCUT2D eigenvalue weighted by atomic mass is 35.5. The molecule has 0 radical (unpaired) electrons. The molecule has 1 unspecified atom stereocenters. The molecule has 1 rings (SSSR count). The van der Waals surface area contributed by atoms with Crippen LogP contribution in [0.15, 0.2) is 12.1 Å². The third-order valence-electron chi connectivity index (χ3n) is 3.01. The monoisotopic (exact) mass is 301 g/mol. The van der Waals surface area contributed by atoms with E-state index in [4.69, 9.17) is 11.6 Å². The van der Waals surface area contributed by atoms with E-state index in [1.807, 2.05) is 23.9 Å². The highest BCUT2D eigenvalue weighted by molar-refractivity contribution is 7.98. The summed E-state index contributed by atoms with van der Waals surface area (Å²) in [6, 6.07) is 4.80. The highest BCUT2D eigenvalue weighted by Gasteiger charge is 2.12. The highest BCUT2D eigenvalue weighted by Crippen LogP contribution is 2.20. The topological polar surface area (TPSA) is 28.2 Å². The zero-order valence-electron chi connectivity index (χ0n) is 12.4. The van der Waals surface area contributed by atoms with Crippen molar-refractivity contribution in [1.82, 2.24) is 10.3 Å². The molecule has 1 heterocycles. The van der Waals surface area contributed by atoms with E-state index in [2.05, 4.69) is 49.3 Å². The predicted octanol–water partition coefficient (Wildman–Crippen LogP) is 3.42. The summed E-state index contributed by atoms with van der Waals surface area (Å²) in [6.07, 6.45) is 2.12. The number of thioether (sulfide) groups is 1. The van der Waals surface area contributed by atoms with Crippen molar-refractivity contribution < 1.29 is 0 Å². The van der Waals surface area contributed by atoms with Crippen LogP contribution in [0.3, 0.4) is 0 Å². The van der Waals surface area contributed by atoms with Crippen LogP contribution < -0.4 is 10.2 Å². The standard InChI is InChI=1S/C14H24ClN3S/c1-10(2)16-8-13-12(15)6-7-14(17-13)18(4)11(3)9-19-5/h6-7,10-11,16H,8-9H2,1-5H3. The summed E-state index contributed by atoms with van der Waals surface area (Å²) in [7, 11) is 2.08. The maximum Gasteiger partial charge on any atom is 0.128 e. The molecule has 0 saturated heterocycles.